The van der Waals surface area contributed by atoms with E-state index in [9.17, 15) is 9.59 Å². The summed E-state index contributed by atoms with van der Waals surface area (Å²) in [4.78, 5) is 34.0. The third-order valence-corrected chi connectivity index (χ3v) is 6.55. The predicted molar refractivity (Wildman–Crippen MR) is 137 cm³/mol. The number of guanidine groups is 1. The number of halogens is 3. The molecule has 3 rings (SSSR count). The van der Waals surface area contributed by atoms with Gasteiger partial charge in [0.15, 0.2) is 5.96 Å². The molecule has 3 amide bonds. The Morgan fingerprint density at radius 1 is 1.03 bits per heavy atom. The van der Waals surface area contributed by atoms with Gasteiger partial charge in [0, 0.05) is 34.0 Å². The van der Waals surface area contributed by atoms with Crippen LogP contribution in [0.5, 0.6) is 0 Å². The molecule has 1 atom stereocenters. The monoisotopic (exact) mass is 553 g/mol. The van der Waals surface area contributed by atoms with E-state index in [1.54, 1.807) is 30.0 Å². The number of carbonyl (C=O) groups excluding carboxylic acids is 2. The average molecular weight is 555 g/mol. The lowest BCUT2D eigenvalue weighted by atomic mass is 9.91. The number of nitrogens with zero attached hydrogens (tertiary/aromatic N) is 3. The van der Waals surface area contributed by atoms with E-state index in [1.165, 1.54) is 4.90 Å². The van der Waals surface area contributed by atoms with Crippen molar-refractivity contribution in [1.82, 2.24) is 4.90 Å². The third-order valence-electron chi connectivity index (χ3n) is 5.58. The second-order valence-electron chi connectivity index (χ2n) is 8.15. The lowest BCUT2D eigenvalue weighted by molar-refractivity contribution is -0.124. The normalized spacial score (nSPS) is 18.2. The summed E-state index contributed by atoms with van der Waals surface area (Å²) in [5.74, 6) is -0.248. The molecular weight excluding hydrogens is 529 g/mol. The van der Waals surface area contributed by atoms with Crippen LogP contribution < -0.4 is 16.4 Å². The number of aliphatic imine (C=N–C) groups is 1. The first-order valence-corrected chi connectivity index (χ1v) is 12.1. The van der Waals surface area contributed by atoms with E-state index in [1.807, 2.05) is 24.3 Å². The smallest absolute Gasteiger partial charge is 0.332 e. The third kappa shape index (κ3) is 5.99. The zero-order chi connectivity index (χ0) is 24.2. The van der Waals surface area contributed by atoms with Crippen LogP contribution in [0.15, 0.2) is 51.9 Å². The van der Waals surface area contributed by atoms with Crippen LogP contribution in [0.2, 0.25) is 10.0 Å². The minimum atomic E-state index is -1.06. The van der Waals surface area contributed by atoms with Gasteiger partial charge in [0.1, 0.15) is 5.54 Å². The Morgan fingerprint density at radius 2 is 1.67 bits per heavy atom. The van der Waals surface area contributed by atoms with Crippen molar-refractivity contribution in [2.24, 2.45) is 16.5 Å². The summed E-state index contributed by atoms with van der Waals surface area (Å²) < 4.78 is 0.943. The van der Waals surface area contributed by atoms with E-state index in [4.69, 9.17) is 34.7 Å². The Labute approximate surface area is 211 Å². The number of rotatable bonds is 9. The second kappa shape index (κ2) is 10.8. The van der Waals surface area contributed by atoms with Crippen LogP contribution >= 0.6 is 39.1 Å². The molecule has 1 fully saturated rings. The van der Waals surface area contributed by atoms with Gasteiger partial charge < -0.3 is 16.4 Å². The number of urea groups is 1. The fourth-order valence-electron chi connectivity index (χ4n) is 3.95. The molecule has 2 aromatic carbocycles. The van der Waals surface area contributed by atoms with Gasteiger partial charge in [-0.25, -0.2) is 9.69 Å². The molecule has 0 aliphatic carbocycles. The van der Waals surface area contributed by atoms with Crippen molar-refractivity contribution in [3.63, 3.8) is 0 Å². The Morgan fingerprint density at radius 3 is 2.27 bits per heavy atom. The van der Waals surface area contributed by atoms with Gasteiger partial charge in [-0.3, -0.25) is 9.79 Å². The Hall–Kier alpha value is -2.29. The first kappa shape index (κ1) is 25.3. The topological polar surface area (TPSA) is 105 Å². The summed E-state index contributed by atoms with van der Waals surface area (Å²) in [7, 11) is 0. The summed E-state index contributed by atoms with van der Waals surface area (Å²) in [6, 6.07) is 12.0. The highest BCUT2D eigenvalue weighted by Crippen LogP contribution is 2.37. The zero-order valence-corrected chi connectivity index (χ0v) is 21.3. The number of hydrogen-bond donors (Lipinski definition) is 2. The standard InChI is InChI=1S/C23H26BrCl2N5O2/c1-23(14-15-5-7-16(24)8-6-15)20(32)31(19-12-17(25)11-18(26)13-19)22(33)30(23)10-4-2-3-9-29-21(27)28/h5-8,11-13H,2-4,9-10,14H2,1H3,(H4,27,28,29)/t23-/m1/s1. The van der Waals surface area contributed by atoms with Crippen LogP contribution in [0.3, 0.4) is 0 Å². The van der Waals surface area contributed by atoms with E-state index in [0.717, 1.165) is 22.9 Å². The maximum absolute atomic E-state index is 13.7. The quantitative estimate of drug-likeness (QED) is 0.197. The molecule has 1 aliphatic heterocycles. The summed E-state index contributed by atoms with van der Waals surface area (Å²) in [6.45, 7) is 2.75. The highest BCUT2D eigenvalue weighted by atomic mass is 79.9. The van der Waals surface area contributed by atoms with Crippen molar-refractivity contribution in [2.75, 3.05) is 18.0 Å². The van der Waals surface area contributed by atoms with Gasteiger partial charge in [-0.2, -0.15) is 0 Å². The van der Waals surface area contributed by atoms with Crippen molar-refractivity contribution in [3.8, 4) is 0 Å². The molecule has 2 aromatic rings. The van der Waals surface area contributed by atoms with Crippen molar-refractivity contribution in [1.29, 1.82) is 0 Å². The molecule has 0 aromatic heterocycles. The molecule has 4 N–H and O–H groups in total. The summed E-state index contributed by atoms with van der Waals surface area (Å²) in [5, 5.41) is 0.705. The van der Waals surface area contributed by atoms with E-state index >= 15 is 0 Å². The Bertz CT molecular complexity index is 1040. The molecule has 1 saturated heterocycles. The number of unbranched alkanes of at least 4 members (excludes halogenated alkanes) is 2. The summed E-state index contributed by atoms with van der Waals surface area (Å²) in [5.41, 5.74) is 11.0. The molecule has 0 radical (unpaired) electrons. The summed E-state index contributed by atoms with van der Waals surface area (Å²) in [6.07, 6.45) is 2.68. The van der Waals surface area contributed by atoms with Crippen molar-refractivity contribution >= 4 is 62.7 Å². The Kier molecular flexibility index (Phi) is 8.26. The van der Waals surface area contributed by atoms with Gasteiger partial charge in [-0.05, 0) is 62.1 Å². The molecule has 1 heterocycles. The van der Waals surface area contributed by atoms with Crippen molar-refractivity contribution in [3.05, 3.63) is 62.5 Å². The maximum atomic E-state index is 13.7. The molecule has 33 heavy (non-hydrogen) atoms. The second-order valence-corrected chi connectivity index (χ2v) is 9.94. The van der Waals surface area contributed by atoms with Crippen molar-refractivity contribution in [2.45, 2.75) is 38.1 Å². The van der Waals surface area contributed by atoms with Gasteiger partial charge in [0.25, 0.3) is 5.91 Å². The van der Waals surface area contributed by atoms with Crippen molar-refractivity contribution < 1.29 is 9.59 Å². The fourth-order valence-corrected chi connectivity index (χ4v) is 4.73. The number of carbonyl (C=O) groups is 2. The number of nitrogens with two attached hydrogens (primary N) is 2. The van der Waals surface area contributed by atoms with Gasteiger partial charge >= 0.3 is 6.03 Å². The van der Waals surface area contributed by atoms with Crippen LogP contribution in [0.1, 0.15) is 31.7 Å². The highest BCUT2D eigenvalue weighted by molar-refractivity contribution is 9.10. The van der Waals surface area contributed by atoms with Crippen LogP contribution in [0.25, 0.3) is 0 Å². The zero-order valence-electron chi connectivity index (χ0n) is 18.2. The number of anilines is 1. The van der Waals surface area contributed by atoms with Gasteiger partial charge in [-0.1, -0.05) is 51.3 Å². The molecule has 0 spiro atoms. The molecule has 176 valence electrons. The lowest BCUT2D eigenvalue weighted by Gasteiger charge is -2.32. The first-order chi connectivity index (χ1) is 15.6. The maximum Gasteiger partial charge on any atom is 0.332 e. The number of amides is 3. The number of imide groups is 1. The lowest BCUT2D eigenvalue weighted by Crippen LogP contribution is -2.49. The number of benzene rings is 2. The van der Waals surface area contributed by atoms with Gasteiger partial charge in [-0.15, -0.1) is 0 Å². The Balaban J connectivity index is 1.86. The molecule has 0 bridgehead atoms. The minimum Gasteiger partial charge on any atom is -0.370 e. The van der Waals surface area contributed by atoms with Gasteiger partial charge in [0.05, 0.1) is 5.69 Å². The van der Waals surface area contributed by atoms with Gasteiger partial charge in [0.2, 0.25) is 0 Å². The first-order valence-electron chi connectivity index (χ1n) is 10.5. The van der Waals surface area contributed by atoms with E-state index in [2.05, 4.69) is 20.9 Å². The fraction of sp³-hybridized carbons (Fsp3) is 0.348. The van der Waals surface area contributed by atoms with E-state index in [0.29, 0.717) is 41.7 Å². The van der Waals surface area contributed by atoms with Crippen LogP contribution in [0.4, 0.5) is 10.5 Å². The molecule has 1 aliphatic rings. The number of hydrogen-bond acceptors (Lipinski definition) is 3. The molecule has 0 unspecified atom stereocenters. The average Bonchev–Trinajstić information content (AvgIpc) is 2.91. The molecule has 0 saturated carbocycles. The molecule has 10 heteroatoms. The van der Waals surface area contributed by atoms with E-state index in [-0.39, 0.29) is 17.9 Å². The molecular formula is C23H26BrCl2N5O2. The SMILES string of the molecule is C[C@@]1(Cc2ccc(Br)cc2)C(=O)N(c2cc(Cl)cc(Cl)c2)C(=O)N1CCCCCN=C(N)N. The minimum absolute atomic E-state index is 0.0632. The van der Waals surface area contributed by atoms with Crippen LogP contribution in [-0.2, 0) is 11.2 Å². The van der Waals surface area contributed by atoms with E-state index < -0.39 is 5.54 Å². The molecule has 7 nitrogen and oxygen atoms in total. The summed E-state index contributed by atoms with van der Waals surface area (Å²) >= 11 is 15.7. The predicted octanol–water partition coefficient (Wildman–Crippen LogP) is 4.97. The largest absolute Gasteiger partial charge is 0.370 e. The van der Waals surface area contributed by atoms with Crippen LogP contribution in [-0.4, -0.2) is 41.4 Å². The van der Waals surface area contributed by atoms with Crippen LogP contribution in [0, 0.1) is 0 Å². The highest BCUT2D eigenvalue weighted by Gasteiger charge is 2.54.